The molecule has 1 aromatic carbocycles. The lowest BCUT2D eigenvalue weighted by atomic mass is 9.85. The Labute approximate surface area is 322 Å². The number of carbonyl (C=O) groups excluding carboxylic acids is 4. The second-order valence-electron chi connectivity index (χ2n) is 15.0. The van der Waals surface area contributed by atoms with E-state index < -0.39 is 47.0 Å². The third kappa shape index (κ3) is 16.1. The predicted octanol–water partition coefficient (Wildman–Crippen LogP) is 2.65. The van der Waals surface area contributed by atoms with Crippen LogP contribution in [0.15, 0.2) is 29.8 Å². The van der Waals surface area contributed by atoms with Crippen molar-refractivity contribution in [3.8, 4) is 10.4 Å². The zero-order valence-electron chi connectivity index (χ0n) is 32.6. The predicted molar refractivity (Wildman–Crippen MR) is 202 cm³/mol. The largest absolute Gasteiger partial charge is 0.458 e. The standard InChI is InChI=1S/C38H58N4O11S/c1-26-33(54-25-40-26)28-10-8-27(9-11-28)21-39-35(46)30-20-29(43)22-42(30)36(47)34(37(2,3)4)41-31(44)23-51-18-16-49-14-12-48-13-15-50-17-19-52-24-32(45)53-38(5,6)7/h8-11,25,29-30,34,43H,12-24H2,1-7H3,(H,39,46)(H,41,44). The van der Waals surface area contributed by atoms with Crippen molar-refractivity contribution in [2.75, 3.05) is 72.6 Å². The number of hydrogen-bond acceptors (Lipinski definition) is 13. The van der Waals surface area contributed by atoms with E-state index in [4.69, 9.17) is 28.4 Å². The van der Waals surface area contributed by atoms with Gasteiger partial charge in [0.2, 0.25) is 17.7 Å². The van der Waals surface area contributed by atoms with Crippen molar-refractivity contribution >= 4 is 35.0 Å². The van der Waals surface area contributed by atoms with Gasteiger partial charge in [0.1, 0.15) is 30.9 Å². The molecule has 0 aliphatic carbocycles. The van der Waals surface area contributed by atoms with E-state index in [2.05, 4.69) is 15.6 Å². The van der Waals surface area contributed by atoms with Crippen LogP contribution in [0.25, 0.3) is 10.4 Å². The van der Waals surface area contributed by atoms with Gasteiger partial charge in [-0.05, 0) is 44.2 Å². The summed E-state index contributed by atoms with van der Waals surface area (Å²) < 4.78 is 32.2. The van der Waals surface area contributed by atoms with Gasteiger partial charge >= 0.3 is 5.97 Å². The molecule has 0 spiro atoms. The summed E-state index contributed by atoms with van der Waals surface area (Å²) in [5, 5.41) is 16.1. The fourth-order valence-electron chi connectivity index (χ4n) is 5.45. The fourth-order valence-corrected chi connectivity index (χ4v) is 6.26. The Kier molecular flexibility index (Phi) is 18.4. The van der Waals surface area contributed by atoms with Crippen LogP contribution >= 0.6 is 11.3 Å². The number of aromatic nitrogens is 1. The van der Waals surface area contributed by atoms with Crippen LogP contribution in [-0.4, -0.2) is 135 Å². The van der Waals surface area contributed by atoms with E-state index in [1.54, 1.807) is 32.1 Å². The number of hydrogen-bond donors (Lipinski definition) is 3. The molecular formula is C38H58N4O11S. The lowest BCUT2D eigenvalue weighted by Crippen LogP contribution is -2.58. The molecule has 3 unspecified atom stereocenters. The molecule has 3 atom stereocenters. The van der Waals surface area contributed by atoms with Crippen molar-refractivity contribution in [1.82, 2.24) is 20.5 Å². The Morgan fingerprint density at radius 3 is 1.94 bits per heavy atom. The minimum absolute atomic E-state index is 0.0147. The van der Waals surface area contributed by atoms with Crippen molar-refractivity contribution in [3.63, 3.8) is 0 Å². The first-order chi connectivity index (χ1) is 25.5. The van der Waals surface area contributed by atoms with Gasteiger partial charge in [-0.2, -0.15) is 0 Å². The minimum atomic E-state index is -0.959. The number of β-amino-alcohol motifs (C(OH)–C–C–N with tert-alkyl or cyclic N) is 1. The highest BCUT2D eigenvalue weighted by molar-refractivity contribution is 7.13. The summed E-state index contributed by atoms with van der Waals surface area (Å²) in [6, 6.07) is 6.01. The molecular weight excluding hydrogens is 721 g/mol. The van der Waals surface area contributed by atoms with Gasteiger partial charge in [0.25, 0.3) is 0 Å². The zero-order valence-corrected chi connectivity index (χ0v) is 33.5. The Bertz CT molecular complexity index is 1470. The first-order valence-corrected chi connectivity index (χ1v) is 19.1. The number of nitrogens with zero attached hydrogens (tertiary/aromatic N) is 2. The highest BCUT2D eigenvalue weighted by Crippen LogP contribution is 2.28. The third-order valence-electron chi connectivity index (χ3n) is 8.07. The summed E-state index contributed by atoms with van der Waals surface area (Å²) in [4.78, 5) is 58.3. The van der Waals surface area contributed by atoms with Gasteiger partial charge < -0.3 is 49.1 Å². The molecule has 3 amide bonds. The minimum Gasteiger partial charge on any atom is -0.458 e. The smallest absolute Gasteiger partial charge is 0.332 e. The number of esters is 1. The molecule has 1 aromatic heterocycles. The number of rotatable bonds is 22. The number of ether oxygens (including phenoxy) is 6. The van der Waals surface area contributed by atoms with E-state index in [-0.39, 0.29) is 58.5 Å². The quantitative estimate of drug-likeness (QED) is 0.118. The van der Waals surface area contributed by atoms with Crippen molar-refractivity contribution in [1.29, 1.82) is 0 Å². The normalized spacial score (nSPS) is 16.6. The van der Waals surface area contributed by atoms with Gasteiger partial charge in [-0.25, -0.2) is 9.78 Å². The van der Waals surface area contributed by atoms with E-state index in [1.165, 1.54) is 4.90 Å². The Hall–Kier alpha value is -3.51. The van der Waals surface area contributed by atoms with Gasteiger partial charge in [0, 0.05) is 19.5 Å². The molecule has 302 valence electrons. The molecule has 2 aromatic rings. The average Bonchev–Trinajstić information content (AvgIpc) is 3.71. The maximum absolute atomic E-state index is 13.8. The van der Waals surface area contributed by atoms with Crippen LogP contribution in [0.4, 0.5) is 0 Å². The SMILES string of the molecule is Cc1ncsc1-c1ccc(CNC(=O)C2CC(O)CN2C(=O)C(NC(=O)COCCOCCOCCOCCOCC(=O)OC(C)(C)C)C(C)(C)C)cc1. The van der Waals surface area contributed by atoms with E-state index in [0.29, 0.717) is 33.0 Å². The number of benzene rings is 1. The van der Waals surface area contributed by atoms with Gasteiger partial charge in [0.15, 0.2) is 0 Å². The highest BCUT2D eigenvalue weighted by atomic mass is 32.1. The fraction of sp³-hybridized carbons (Fsp3) is 0.658. The lowest BCUT2D eigenvalue weighted by molar-refractivity contribution is -0.160. The van der Waals surface area contributed by atoms with Crippen LogP contribution < -0.4 is 10.6 Å². The van der Waals surface area contributed by atoms with Crippen LogP contribution in [0.1, 0.15) is 59.2 Å². The number of carbonyl (C=O) groups is 4. The van der Waals surface area contributed by atoms with Gasteiger partial charge in [-0.1, -0.05) is 45.0 Å². The number of aliphatic hydroxyl groups excluding tert-OH is 1. The van der Waals surface area contributed by atoms with Crippen LogP contribution in [0.3, 0.4) is 0 Å². The van der Waals surface area contributed by atoms with E-state index in [1.807, 2.05) is 57.5 Å². The molecule has 0 radical (unpaired) electrons. The van der Waals surface area contributed by atoms with Crippen LogP contribution in [0.2, 0.25) is 0 Å². The van der Waals surface area contributed by atoms with Gasteiger partial charge in [-0.15, -0.1) is 11.3 Å². The molecule has 1 saturated heterocycles. The number of thiazole rings is 1. The molecule has 54 heavy (non-hydrogen) atoms. The molecule has 16 heteroatoms. The molecule has 15 nitrogen and oxygen atoms in total. The first kappa shape index (κ1) is 44.9. The van der Waals surface area contributed by atoms with Crippen molar-refractivity contribution in [2.45, 2.75) is 85.2 Å². The zero-order chi connectivity index (χ0) is 39.7. The monoisotopic (exact) mass is 778 g/mol. The van der Waals surface area contributed by atoms with Crippen molar-refractivity contribution in [2.24, 2.45) is 5.41 Å². The number of nitrogens with one attached hydrogen (secondary N) is 2. The second-order valence-corrected chi connectivity index (χ2v) is 15.8. The summed E-state index contributed by atoms with van der Waals surface area (Å²) in [7, 11) is 0. The Morgan fingerprint density at radius 2 is 1.43 bits per heavy atom. The van der Waals surface area contributed by atoms with E-state index >= 15 is 0 Å². The van der Waals surface area contributed by atoms with E-state index in [9.17, 15) is 24.3 Å². The summed E-state index contributed by atoms with van der Waals surface area (Å²) >= 11 is 1.57. The average molecular weight is 779 g/mol. The first-order valence-electron chi connectivity index (χ1n) is 18.2. The third-order valence-corrected chi connectivity index (χ3v) is 9.05. The van der Waals surface area contributed by atoms with Crippen LogP contribution in [-0.2, 0) is 54.1 Å². The summed E-state index contributed by atoms with van der Waals surface area (Å²) in [6.45, 7) is 15.0. The number of amides is 3. The summed E-state index contributed by atoms with van der Waals surface area (Å²) in [5.74, 6) is -1.73. The molecule has 3 rings (SSSR count). The van der Waals surface area contributed by atoms with Crippen molar-refractivity contribution in [3.05, 3.63) is 41.0 Å². The van der Waals surface area contributed by atoms with Gasteiger partial charge in [0.05, 0.1) is 75.0 Å². The number of aliphatic hydroxyl groups is 1. The summed E-state index contributed by atoms with van der Waals surface area (Å²) in [5.41, 5.74) is 3.47. The molecule has 1 aliphatic rings. The summed E-state index contributed by atoms with van der Waals surface area (Å²) in [6.07, 6.45) is -0.768. The molecule has 3 N–H and O–H groups in total. The molecule has 1 fully saturated rings. The topological polar surface area (TPSA) is 184 Å². The molecule has 0 saturated carbocycles. The number of aryl methyl sites for hydroxylation is 1. The van der Waals surface area contributed by atoms with Crippen molar-refractivity contribution < 1.29 is 52.7 Å². The number of likely N-dealkylation sites (tertiary alicyclic amines) is 1. The Morgan fingerprint density at radius 1 is 0.870 bits per heavy atom. The lowest BCUT2D eigenvalue weighted by Gasteiger charge is -2.35. The molecule has 1 aliphatic heterocycles. The highest BCUT2D eigenvalue weighted by Gasteiger charge is 2.44. The Balaban J connectivity index is 1.30. The van der Waals surface area contributed by atoms with Crippen LogP contribution in [0.5, 0.6) is 0 Å². The second kappa shape index (κ2) is 22.1. The van der Waals surface area contributed by atoms with Crippen LogP contribution in [0, 0.1) is 12.3 Å². The maximum Gasteiger partial charge on any atom is 0.332 e. The molecule has 2 heterocycles. The van der Waals surface area contributed by atoms with E-state index in [0.717, 1.165) is 21.7 Å². The van der Waals surface area contributed by atoms with Gasteiger partial charge in [-0.3, -0.25) is 14.4 Å². The molecule has 0 bridgehead atoms. The maximum atomic E-state index is 13.8.